The fourth-order valence-electron chi connectivity index (χ4n) is 8.42. The van der Waals surface area contributed by atoms with Gasteiger partial charge in [0.25, 0.3) is 25.8 Å². The average molecular weight is 1000 g/mol. The molecule has 358 valence electrons. The van der Waals surface area contributed by atoms with Crippen LogP contribution in [0.15, 0.2) is 136 Å². The lowest BCUT2D eigenvalue weighted by Crippen LogP contribution is -2.48. The molecule has 0 aromatic heterocycles. The van der Waals surface area contributed by atoms with Crippen LogP contribution < -0.4 is 14.9 Å². The number of benzene rings is 5. The zero-order valence-electron chi connectivity index (χ0n) is 36.5. The van der Waals surface area contributed by atoms with E-state index in [0.29, 0.717) is 75.4 Å². The average Bonchev–Trinajstić information content (AvgIpc) is 3.33. The van der Waals surface area contributed by atoms with Gasteiger partial charge in [0.05, 0.1) is 23.3 Å². The zero-order chi connectivity index (χ0) is 47.8. The van der Waals surface area contributed by atoms with Crippen molar-refractivity contribution in [3.8, 4) is 11.1 Å². The van der Waals surface area contributed by atoms with Gasteiger partial charge in [0, 0.05) is 85.3 Å². The number of halogens is 4. The quantitative estimate of drug-likeness (QED) is 0.0629. The molecular weight excluding hydrogens is 947 g/mol. The summed E-state index contributed by atoms with van der Waals surface area (Å²) in [7, 11) is -11.0. The maximum atomic E-state index is 14.2. The Hall–Kier alpha value is -4.66. The van der Waals surface area contributed by atoms with Crippen molar-refractivity contribution in [2.75, 3.05) is 74.9 Å². The Morgan fingerprint density at radius 2 is 1.42 bits per heavy atom. The Bertz CT molecular complexity index is 2670. The van der Waals surface area contributed by atoms with E-state index in [4.69, 9.17) is 11.6 Å². The molecule has 2 atom stereocenters. The molecule has 4 N–H and O–H groups in total. The zero-order valence-corrected chi connectivity index (χ0v) is 39.7. The predicted octanol–water partition coefficient (Wildman–Crippen LogP) is 7.94. The maximum absolute atomic E-state index is 14.2. The normalized spacial score (nSPS) is 16.7. The number of carbonyl (C=O) groups excluding carboxylic acids is 1. The predicted molar refractivity (Wildman–Crippen MR) is 257 cm³/mol. The molecular formula is C48H53ClF3N5O7S3. The van der Waals surface area contributed by atoms with Gasteiger partial charge in [0.1, 0.15) is 4.90 Å². The first-order valence-corrected chi connectivity index (χ1v) is 26.3. The molecule has 7 rings (SSSR count). The Morgan fingerprint density at radius 3 is 2.06 bits per heavy atom. The molecule has 2 heterocycles. The van der Waals surface area contributed by atoms with Crippen LogP contribution in [-0.2, 0) is 19.9 Å². The standard InChI is InChI=1S/C48H53ClF3N5O7S3/c49-37-14-10-34(11-15-37)42-8-4-5-9-43(42)46(59)35-20-24-57(25-21-35)39-16-12-36(13-17-39)47(60)54-67(63,64)41-18-19-44(45(32-41)66(61,62)48(50,51)52)53-38(33-65-40-6-2-1-3-7-40)22-23-55-26-28-56(29-27-55)30-31-58/h1-19,32,35,38,46,53,58-59H,20-31,33H2,(H,54,60)/t38-,46-/m0/s1. The van der Waals surface area contributed by atoms with Crippen molar-refractivity contribution in [2.24, 2.45) is 5.92 Å². The third kappa shape index (κ3) is 12.7. The number of rotatable bonds is 18. The molecule has 0 bridgehead atoms. The number of thioether (sulfide) groups is 1. The first-order valence-electron chi connectivity index (χ1n) is 21.9. The van der Waals surface area contributed by atoms with Crippen LogP contribution in [0.1, 0.15) is 41.3 Å². The largest absolute Gasteiger partial charge is 0.501 e. The van der Waals surface area contributed by atoms with E-state index >= 15 is 0 Å². The number of hydrogen-bond acceptors (Lipinski definition) is 12. The van der Waals surface area contributed by atoms with Crippen molar-refractivity contribution in [3.05, 3.63) is 137 Å². The third-order valence-corrected chi connectivity index (χ3v) is 16.5. The van der Waals surface area contributed by atoms with Crippen LogP contribution in [0, 0.1) is 5.92 Å². The van der Waals surface area contributed by atoms with E-state index < -0.39 is 58.9 Å². The van der Waals surface area contributed by atoms with E-state index in [0.717, 1.165) is 52.5 Å². The number of hydrogen-bond donors (Lipinski definition) is 4. The summed E-state index contributed by atoms with van der Waals surface area (Å²) in [6.07, 6.45) is 1.06. The van der Waals surface area contributed by atoms with Crippen LogP contribution in [0.2, 0.25) is 5.02 Å². The van der Waals surface area contributed by atoms with E-state index in [1.54, 1.807) is 12.1 Å². The first kappa shape index (κ1) is 50.2. The van der Waals surface area contributed by atoms with Gasteiger partial charge in [-0.1, -0.05) is 66.2 Å². The molecule has 0 aliphatic carbocycles. The molecule has 2 fully saturated rings. The fourth-order valence-corrected chi connectivity index (χ4v) is 11.6. The van der Waals surface area contributed by atoms with Crippen molar-refractivity contribution in [2.45, 2.75) is 51.6 Å². The summed E-state index contributed by atoms with van der Waals surface area (Å²) in [5.41, 5.74) is -2.77. The van der Waals surface area contributed by atoms with Gasteiger partial charge in [-0.3, -0.25) is 9.69 Å². The number of piperidine rings is 1. The van der Waals surface area contributed by atoms with Crippen LogP contribution >= 0.6 is 23.4 Å². The van der Waals surface area contributed by atoms with E-state index in [2.05, 4.69) is 20.0 Å². The number of nitrogens with one attached hydrogen (secondary N) is 2. The number of sulfone groups is 1. The van der Waals surface area contributed by atoms with Crippen molar-refractivity contribution in [1.29, 1.82) is 0 Å². The van der Waals surface area contributed by atoms with Crippen LogP contribution in [0.3, 0.4) is 0 Å². The molecule has 1 amide bonds. The smallest absolute Gasteiger partial charge is 0.395 e. The van der Waals surface area contributed by atoms with Gasteiger partial charge >= 0.3 is 5.51 Å². The number of aliphatic hydroxyl groups excluding tert-OH is 2. The Kier molecular flexibility index (Phi) is 16.6. The summed E-state index contributed by atoms with van der Waals surface area (Å²) < 4.78 is 98.0. The van der Waals surface area contributed by atoms with Gasteiger partial charge in [-0.2, -0.15) is 13.2 Å². The van der Waals surface area contributed by atoms with E-state index in [-0.39, 0.29) is 18.1 Å². The molecule has 67 heavy (non-hydrogen) atoms. The molecule has 5 aromatic rings. The number of carbonyl (C=O) groups is 1. The van der Waals surface area contributed by atoms with E-state index in [1.807, 2.05) is 83.6 Å². The maximum Gasteiger partial charge on any atom is 0.501 e. The van der Waals surface area contributed by atoms with Gasteiger partial charge in [-0.05, 0) is 109 Å². The third-order valence-electron chi connectivity index (χ3n) is 12.2. The molecule has 12 nitrogen and oxygen atoms in total. The van der Waals surface area contributed by atoms with Crippen molar-refractivity contribution in [3.63, 3.8) is 0 Å². The molecule has 2 saturated heterocycles. The monoisotopic (exact) mass is 999 g/mol. The second-order valence-electron chi connectivity index (χ2n) is 16.6. The van der Waals surface area contributed by atoms with Gasteiger partial charge in [0.2, 0.25) is 0 Å². The number of alkyl halides is 3. The molecule has 0 radical (unpaired) electrons. The Morgan fingerprint density at radius 1 is 0.791 bits per heavy atom. The number of β-amino-alcohol motifs (C(OH)–C–C–N with tert-alkyl or cyclic N) is 1. The summed E-state index contributed by atoms with van der Waals surface area (Å²) in [5, 5.41) is 24.4. The lowest BCUT2D eigenvalue weighted by Gasteiger charge is -2.36. The Balaban J connectivity index is 1.02. The van der Waals surface area contributed by atoms with Crippen LogP contribution in [-0.4, -0.2) is 119 Å². The summed E-state index contributed by atoms with van der Waals surface area (Å²) in [4.78, 5) is 18.5. The highest BCUT2D eigenvalue weighted by Crippen LogP contribution is 2.39. The van der Waals surface area contributed by atoms with E-state index in [1.165, 1.54) is 23.9 Å². The highest BCUT2D eigenvalue weighted by molar-refractivity contribution is 7.99. The summed E-state index contributed by atoms with van der Waals surface area (Å²) in [6, 6.07) is 32.5. The molecule has 0 unspecified atom stereocenters. The minimum atomic E-state index is -6.09. The summed E-state index contributed by atoms with van der Waals surface area (Å²) >= 11 is 7.54. The lowest BCUT2D eigenvalue weighted by atomic mass is 9.84. The number of piperazine rings is 1. The number of nitrogens with zero attached hydrogens (tertiary/aromatic N) is 3. The molecule has 2 aliphatic heterocycles. The van der Waals surface area contributed by atoms with Crippen LogP contribution in [0.4, 0.5) is 24.5 Å². The number of anilines is 2. The van der Waals surface area contributed by atoms with Gasteiger partial charge < -0.3 is 25.3 Å². The fraction of sp³-hybridized carbons (Fsp3) is 0.354. The second-order valence-corrected chi connectivity index (χ2v) is 21.7. The first-order chi connectivity index (χ1) is 32.0. The highest BCUT2D eigenvalue weighted by atomic mass is 35.5. The number of sulfonamides is 1. The molecule has 19 heteroatoms. The highest BCUT2D eigenvalue weighted by Gasteiger charge is 2.48. The van der Waals surface area contributed by atoms with Crippen molar-refractivity contribution in [1.82, 2.24) is 14.5 Å². The molecule has 0 saturated carbocycles. The molecule has 0 spiro atoms. The van der Waals surface area contributed by atoms with E-state index in [9.17, 15) is 45.0 Å². The second kappa shape index (κ2) is 22.2. The van der Waals surface area contributed by atoms with Crippen molar-refractivity contribution >= 4 is 60.5 Å². The van der Waals surface area contributed by atoms with Crippen molar-refractivity contribution < 1.29 is 45.0 Å². The SMILES string of the molecule is O=C(NS(=O)(=O)c1ccc(N[C@@H](CCN2CCN(CCO)CC2)CSc2ccccc2)c(S(=O)(=O)C(F)(F)F)c1)c1ccc(N2CCC([C@H](O)c3ccccc3-c3ccc(Cl)cc3)CC2)cc1. The lowest BCUT2D eigenvalue weighted by molar-refractivity contribution is -0.0435. The van der Waals surface area contributed by atoms with Gasteiger partial charge in [0.15, 0.2) is 0 Å². The number of aliphatic hydroxyl groups is 2. The van der Waals surface area contributed by atoms with Crippen LogP contribution in [0.5, 0.6) is 0 Å². The summed E-state index contributed by atoms with van der Waals surface area (Å²) in [5.74, 6) is -0.741. The van der Waals surface area contributed by atoms with Gasteiger partial charge in [-0.25, -0.2) is 21.6 Å². The minimum absolute atomic E-state index is 0.0214. The number of amides is 1. The van der Waals surface area contributed by atoms with Gasteiger partial charge in [-0.15, -0.1) is 11.8 Å². The summed E-state index contributed by atoms with van der Waals surface area (Å²) in [6.45, 7) is 5.26. The molecule has 2 aliphatic rings. The Labute approximate surface area is 399 Å². The topological polar surface area (TPSA) is 160 Å². The van der Waals surface area contributed by atoms with Crippen LogP contribution in [0.25, 0.3) is 11.1 Å². The molecule has 5 aromatic carbocycles. The minimum Gasteiger partial charge on any atom is -0.395 e.